The first-order valence-electron chi connectivity index (χ1n) is 6.21. The number of nitrogens with zero attached hydrogens (tertiary/aromatic N) is 2. The zero-order valence-electron chi connectivity index (χ0n) is 11.2. The molecule has 0 aliphatic rings. The van der Waals surface area contributed by atoms with Crippen LogP contribution in [0, 0.1) is 0 Å². The molecule has 19 heavy (non-hydrogen) atoms. The third-order valence-corrected chi connectivity index (χ3v) is 2.95. The van der Waals surface area contributed by atoms with Crippen LogP contribution in [0.25, 0.3) is 0 Å². The molecule has 2 rings (SSSR count). The number of aromatic nitrogens is 1. The van der Waals surface area contributed by atoms with E-state index in [0.717, 1.165) is 18.0 Å². The fourth-order valence-electron chi connectivity index (χ4n) is 1.88. The van der Waals surface area contributed by atoms with Crippen LogP contribution >= 0.6 is 0 Å². The van der Waals surface area contributed by atoms with Crippen LogP contribution in [0.2, 0.25) is 0 Å². The Morgan fingerprint density at radius 2 is 2.21 bits per heavy atom. The maximum absolute atomic E-state index is 9.17. The highest BCUT2D eigenvalue weighted by molar-refractivity contribution is 5.17. The summed E-state index contributed by atoms with van der Waals surface area (Å²) in [5.74, 6) is 1.13. The Balaban J connectivity index is 1.88. The Morgan fingerprint density at radius 1 is 1.37 bits per heavy atom. The van der Waals surface area contributed by atoms with E-state index in [1.165, 1.54) is 6.20 Å². The first-order chi connectivity index (χ1) is 9.16. The number of hydrogen-bond donors (Lipinski definition) is 2. The Labute approximate surface area is 112 Å². The van der Waals surface area contributed by atoms with Gasteiger partial charge in [-0.3, -0.25) is 9.88 Å². The second-order valence-electron chi connectivity index (χ2n) is 4.63. The number of furan rings is 1. The molecule has 0 aliphatic carbocycles. The standard InChI is InChI=1S/C14H19N3O2/c1-17(2)13(14-4-3-7-19-14)10-15-8-11-5-6-12(18)9-16-11/h3-7,9,13,15,18H,8,10H2,1-2H3. The molecule has 1 atom stereocenters. The molecule has 5 nitrogen and oxygen atoms in total. The summed E-state index contributed by atoms with van der Waals surface area (Å²) >= 11 is 0. The third kappa shape index (κ3) is 3.81. The molecule has 1 unspecified atom stereocenters. The predicted octanol–water partition coefficient (Wildman–Crippen LogP) is 1.77. The highest BCUT2D eigenvalue weighted by Gasteiger charge is 2.16. The van der Waals surface area contributed by atoms with E-state index in [2.05, 4.69) is 15.2 Å². The van der Waals surface area contributed by atoms with Gasteiger partial charge in [0, 0.05) is 13.1 Å². The average Bonchev–Trinajstić information content (AvgIpc) is 2.90. The summed E-state index contributed by atoms with van der Waals surface area (Å²) < 4.78 is 5.45. The zero-order chi connectivity index (χ0) is 13.7. The predicted molar refractivity (Wildman–Crippen MR) is 72.7 cm³/mol. The van der Waals surface area contributed by atoms with Crippen LogP contribution in [-0.4, -0.2) is 35.6 Å². The highest BCUT2D eigenvalue weighted by atomic mass is 16.3. The number of hydrogen-bond acceptors (Lipinski definition) is 5. The molecule has 2 aromatic rings. The molecule has 5 heteroatoms. The van der Waals surface area contributed by atoms with E-state index < -0.39 is 0 Å². The maximum Gasteiger partial charge on any atom is 0.133 e. The molecule has 0 bridgehead atoms. The molecule has 0 saturated carbocycles. The average molecular weight is 261 g/mol. The Hall–Kier alpha value is -1.85. The number of rotatable bonds is 6. The number of pyridine rings is 1. The molecular weight excluding hydrogens is 242 g/mol. The monoisotopic (exact) mass is 261 g/mol. The molecule has 0 radical (unpaired) electrons. The largest absolute Gasteiger partial charge is 0.506 e. The number of aromatic hydroxyl groups is 1. The van der Waals surface area contributed by atoms with Crippen molar-refractivity contribution in [2.75, 3.05) is 20.6 Å². The van der Waals surface area contributed by atoms with Gasteiger partial charge < -0.3 is 14.8 Å². The molecule has 0 saturated heterocycles. The van der Waals surface area contributed by atoms with Crippen LogP contribution in [0.1, 0.15) is 17.5 Å². The van der Waals surface area contributed by atoms with Gasteiger partial charge >= 0.3 is 0 Å². The van der Waals surface area contributed by atoms with E-state index in [-0.39, 0.29) is 11.8 Å². The smallest absolute Gasteiger partial charge is 0.133 e. The van der Waals surface area contributed by atoms with Crippen molar-refractivity contribution in [2.24, 2.45) is 0 Å². The quantitative estimate of drug-likeness (QED) is 0.830. The summed E-state index contributed by atoms with van der Waals surface area (Å²) in [4.78, 5) is 6.24. The normalized spacial score (nSPS) is 12.8. The molecule has 102 valence electrons. The molecule has 0 spiro atoms. The van der Waals surface area contributed by atoms with Crippen LogP contribution in [0.15, 0.2) is 41.1 Å². The first kappa shape index (κ1) is 13.6. The van der Waals surface area contributed by atoms with Gasteiger partial charge in [0.2, 0.25) is 0 Å². The molecule has 0 aromatic carbocycles. The minimum absolute atomic E-state index is 0.186. The lowest BCUT2D eigenvalue weighted by molar-refractivity contribution is 0.250. The van der Waals surface area contributed by atoms with E-state index in [1.807, 2.05) is 26.2 Å². The first-order valence-corrected chi connectivity index (χ1v) is 6.21. The van der Waals surface area contributed by atoms with Crippen molar-refractivity contribution in [1.29, 1.82) is 0 Å². The summed E-state index contributed by atoms with van der Waals surface area (Å²) in [6.45, 7) is 1.42. The summed E-state index contributed by atoms with van der Waals surface area (Å²) in [7, 11) is 4.04. The van der Waals surface area contributed by atoms with Crippen molar-refractivity contribution in [1.82, 2.24) is 15.2 Å². The van der Waals surface area contributed by atoms with Crippen LogP contribution in [0.5, 0.6) is 5.75 Å². The second-order valence-corrected chi connectivity index (χ2v) is 4.63. The number of likely N-dealkylation sites (N-methyl/N-ethyl adjacent to an activating group) is 1. The van der Waals surface area contributed by atoms with Gasteiger partial charge in [-0.2, -0.15) is 0 Å². The molecule has 0 amide bonds. The van der Waals surface area contributed by atoms with Gasteiger partial charge in [-0.25, -0.2) is 0 Å². The molecule has 0 aliphatic heterocycles. The van der Waals surface area contributed by atoms with Gasteiger partial charge in [-0.15, -0.1) is 0 Å². The fraction of sp³-hybridized carbons (Fsp3) is 0.357. The lowest BCUT2D eigenvalue weighted by Crippen LogP contribution is -2.30. The zero-order valence-corrected chi connectivity index (χ0v) is 11.2. The fourth-order valence-corrected chi connectivity index (χ4v) is 1.88. The van der Waals surface area contributed by atoms with Crippen molar-refractivity contribution < 1.29 is 9.52 Å². The third-order valence-electron chi connectivity index (χ3n) is 2.95. The highest BCUT2D eigenvalue weighted by Crippen LogP contribution is 2.17. The SMILES string of the molecule is CN(C)C(CNCc1ccc(O)cn1)c1ccco1. The second kappa shape index (κ2) is 6.36. The van der Waals surface area contributed by atoms with Crippen molar-refractivity contribution in [3.05, 3.63) is 48.2 Å². The van der Waals surface area contributed by atoms with Gasteiger partial charge in [-0.1, -0.05) is 0 Å². The molecule has 2 N–H and O–H groups in total. The minimum Gasteiger partial charge on any atom is -0.506 e. The van der Waals surface area contributed by atoms with Crippen molar-refractivity contribution in [3.63, 3.8) is 0 Å². The number of nitrogens with one attached hydrogen (secondary N) is 1. The van der Waals surface area contributed by atoms with Crippen LogP contribution in [0.4, 0.5) is 0 Å². The van der Waals surface area contributed by atoms with Crippen LogP contribution < -0.4 is 5.32 Å². The van der Waals surface area contributed by atoms with Gasteiger partial charge in [0.15, 0.2) is 0 Å². The minimum atomic E-state index is 0.186. The molecule has 2 heterocycles. The molecule has 0 fully saturated rings. The topological polar surface area (TPSA) is 61.5 Å². The Kier molecular flexibility index (Phi) is 4.54. The van der Waals surface area contributed by atoms with Gasteiger partial charge in [0.25, 0.3) is 0 Å². The summed E-state index contributed by atoms with van der Waals surface area (Å²) in [6, 6.07) is 7.50. The van der Waals surface area contributed by atoms with Gasteiger partial charge in [0.1, 0.15) is 11.5 Å². The lowest BCUT2D eigenvalue weighted by Gasteiger charge is -2.22. The van der Waals surface area contributed by atoms with Crippen LogP contribution in [0.3, 0.4) is 0 Å². The van der Waals surface area contributed by atoms with Gasteiger partial charge in [0.05, 0.1) is 24.2 Å². The van der Waals surface area contributed by atoms with Crippen molar-refractivity contribution in [3.8, 4) is 5.75 Å². The lowest BCUT2D eigenvalue weighted by atomic mass is 10.2. The summed E-state index contributed by atoms with van der Waals surface area (Å²) in [5.41, 5.74) is 0.898. The molecule has 2 aromatic heterocycles. The Bertz CT molecular complexity index is 480. The Morgan fingerprint density at radius 3 is 2.79 bits per heavy atom. The van der Waals surface area contributed by atoms with E-state index in [9.17, 15) is 0 Å². The van der Waals surface area contributed by atoms with Crippen molar-refractivity contribution >= 4 is 0 Å². The van der Waals surface area contributed by atoms with E-state index >= 15 is 0 Å². The van der Waals surface area contributed by atoms with E-state index in [1.54, 1.807) is 18.4 Å². The van der Waals surface area contributed by atoms with E-state index in [0.29, 0.717) is 6.54 Å². The van der Waals surface area contributed by atoms with Crippen LogP contribution in [-0.2, 0) is 6.54 Å². The van der Waals surface area contributed by atoms with Crippen molar-refractivity contribution in [2.45, 2.75) is 12.6 Å². The molecular formula is C14H19N3O2. The summed E-state index contributed by atoms with van der Waals surface area (Å²) in [5, 5.41) is 12.5. The van der Waals surface area contributed by atoms with E-state index in [4.69, 9.17) is 9.52 Å². The summed E-state index contributed by atoms with van der Waals surface area (Å²) in [6.07, 6.45) is 3.14. The maximum atomic E-state index is 9.17. The van der Waals surface area contributed by atoms with Gasteiger partial charge in [-0.05, 0) is 38.4 Å².